The number of alkyl halides is 2. The molecule has 0 aliphatic carbocycles. The second-order valence-electron chi connectivity index (χ2n) is 5.28. The molecule has 0 radical (unpaired) electrons. The fourth-order valence-electron chi connectivity index (χ4n) is 1.83. The van der Waals surface area contributed by atoms with Gasteiger partial charge in [0.25, 0.3) is 0 Å². The molecule has 110 valence electrons. The lowest BCUT2D eigenvalue weighted by atomic mass is 10.2. The minimum absolute atomic E-state index is 0.259. The molecule has 0 saturated heterocycles. The molecule has 0 rings (SSSR count). The minimum atomic E-state index is -0.259. The van der Waals surface area contributed by atoms with Crippen LogP contribution < -0.4 is 0 Å². The third-order valence-electron chi connectivity index (χ3n) is 3.13. The second kappa shape index (κ2) is 9.34. The fourth-order valence-corrected chi connectivity index (χ4v) is 2.54. The number of quaternary nitrogens is 2. The van der Waals surface area contributed by atoms with Crippen LogP contribution in [0.3, 0.4) is 0 Å². The van der Waals surface area contributed by atoms with Crippen molar-refractivity contribution < 1.29 is 9.29 Å². The van der Waals surface area contributed by atoms with Crippen LogP contribution in [0, 0.1) is 10.4 Å². The highest BCUT2D eigenvalue weighted by molar-refractivity contribution is 6.18. The SMILES string of the molecule is C[N+]([O-])(CCCl)CCCCCC[N+](C)([O-])CCCl. The first-order valence-electron chi connectivity index (χ1n) is 6.56. The zero-order valence-electron chi connectivity index (χ0n) is 11.5. The first kappa shape index (κ1) is 18.4. The molecule has 2 unspecified atom stereocenters. The summed E-state index contributed by atoms with van der Waals surface area (Å²) in [5.41, 5.74) is 0. The van der Waals surface area contributed by atoms with Crippen LogP contribution in [0.15, 0.2) is 0 Å². The van der Waals surface area contributed by atoms with Crippen molar-refractivity contribution in [3.8, 4) is 0 Å². The molecule has 0 aromatic heterocycles. The van der Waals surface area contributed by atoms with Crippen LogP contribution in [-0.2, 0) is 0 Å². The molecular formula is C12H26Cl2N2O2. The molecule has 0 saturated carbocycles. The number of nitrogens with zero attached hydrogens (tertiary/aromatic N) is 2. The van der Waals surface area contributed by atoms with E-state index < -0.39 is 0 Å². The Morgan fingerprint density at radius 3 is 1.28 bits per heavy atom. The van der Waals surface area contributed by atoms with Gasteiger partial charge in [0.05, 0.1) is 52.0 Å². The van der Waals surface area contributed by atoms with E-state index in [0.717, 1.165) is 25.7 Å². The van der Waals surface area contributed by atoms with E-state index in [9.17, 15) is 10.4 Å². The molecule has 0 aliphatic rings. The first-order valence-corrected chi connectivity index (χ1v) is 7.63. The van der Waals surface area contributed by atoms with Crippen molar-refractivity contribution in [2.24, 2.45) is 0 Å². The number of rotatable bonds is 11. The van der Waals surface area contributed by atoms with E-state index in [4.69, 9.17) is 23.2 Å². The van der Waals surface area contributed by atoms with Crippen LogP contribution in [0.5, 0.6) is 0 Å². The van der Waals surface area contributed by atoms with Gasteiger partial charge in [-0.15, -0.1) is 23.2 Å². The van der Waals surface area contributed by atoms with Crippen molar-refractivity contribution in [2.45, 2.75) is 25.7 Å². The number of hydroxylamine groups is 6. The van der Waals surface area contributed by atoms with Crippen molar-refractivity contribution in [3.63, 3.8) is 0 Å². The minimum Gasteiger partial charge on any atom is -0.633 e. The maximum atomic E-state index is 11.8. The Morgan fingerprint density at radius 1 is 0.667 bits per heavy atom. The van der Waals surface area contributed by atoms with E-state index in [1.165, 1.54) is 0 Å². The highest BCUT2D eigenvalue weighted by Crippen LogP contribution is 2.09. The van der Waals surface area contributed by atoms with Gasteiger partial charge in [0.2, 0.25) is 0 Å². The Morgan fingerprint density at radius 2 is 1.00 bits per heavy atom. The molecule has 0 aromatic rings. The van der Waals surface area contributed by atoms with Crippen LogP contribution in [0.1, 0.15) is 25.7 Å². The van der Waals surface area contributed by atoms with Crippen molar-refractivity contribution in [3.05, 3.63) is 10.4 Å². The molecule has 4 nitrogen and oxygen atoms in total. The monoisotopic (exact) mass is 300 g/mol. The summed E-state index contributed by atoms with van der Waals surface area (Å²) in [4.78, 5) is 0. The predicted molar refractivity (Wildman–Crippen MR) is 78.5 cm³/mol. The summed E-state index contributed by atoms with van der Waals surface area (Å²) in [7, 11) is 3.32. The lowest BCUT2D eigenvalue weighted by Gasteiger charge is -2.38. The van der Waals surface area contributed by atoms with Gasteiger partial charge < -0.3 is 19.7 Å². The third-order valence-corrected chi connectivity index (χ3v) is 3.47. The van der Waals surface area contributed by atoms with Gasteiger partial charge in [0, 0.05) is 0 Å². The first-order chi connectivity index (χ1) is 8.33. The Bertz CT molecular complexity index is 192. The summed E-state index contributed by atoms with van der Waals surface area (Å²) < 4.78 is -0.518. The molecule has 6 heteroatoms. The molecule has 0 fully saturated rings. The van der Waals surface area contributed by atoms with Gasteiger partial charge in [0.1, 0.15) is 0 Å². The highest BCUT2D eigenvalue weighted by atomic mass is 35.5. The topological polar surface area (TPSA) is 46.1 Å². The van der Waals surface area contributed by atoms with E-state index >= 15 is 0 Å². The summed E-state index contributed by atoms with van der Waals surface area (Å²) in [5.74, 6) is 0.814. The van der Waals surface area contributed by atoms with Gasteiger partial charge in [-0.2, -0.15) is 0 Å². The number of hydrogen-bond acceptors (Lipinski definition) is 2. The fraction of sp³-hybridized carbons (Fsp3) is 1.00. The van der Waals surface area contributed by atoms with Crippen LogP contribution >= 0.6 is 23.2 Å². The lowest BCUT2D eigenvalue weighted by molar-refractivity contribution is -0.859. The third kappa shape index (κ3) is 10.4. The zero-order valence-corrected chi connectivity index (χ0v) is 13.0. The average molecular weight is 301 g/mol. The second-order valence-corrected chi connectivity index (χ2v) is 6.04. The van der Waals surface area contributed by atoms with E-state index in [2.05, 4.69) is 0 Å². The quantitative estimate of drug-likeness (QED) is 0.255. The molecule has 18 heavy (non-hydrogen) atoms. The molecule has 0 aliphatic heterocycles. The maximum Gasteiger partial charge on any atom is 0.0919 e. The molecule has 0 heterocycles. The zero-order chi connectivity index (χ0) is 14.1. The van der Waals surface area contributed by atoms with Crippen molar-refractivity contribution in [2.75, 3.05) is 52.0 Å². The molecule has 0 N–H and O–H groups in total. The van der Waals surface area contributed by atoms with Gasteiger partial charge in [-0.1, -0.05) is 0 Å². The summed E-state index contributed by atoms with van der Waals surface area (Å²) >= 11 is 11.1. The molecule has 2 atom stereocenters. The lowest BCUT2D eigenvalue weighted by Crippen LogP contribution is -2.40. The normalized spacial score (nSPS) is 18.3. The van der Waals surface area contributed by atoms with E-state index in [1.807, 2.05) is 0 Å². The van der Waals surface area contributed by atoms with E-state index in [-0.39, 0.29) is 9.29 Å². The Balaban J connectivity index is 3.52. The Hall–Kier alpha value is 0.420. The van der Waals surface area contributed by atoms with Gasteiger partial charge in [-0.05, 0) is 25.7 Å². The maximum absolute atomic E-state index is 11.8. The van der Waals surface area contributed by atoms with Gasteiger partial charge in [-0.3, -0.25) is 0 Å². The van der Waals surface area contributed by atoms with Crippen LogP contribution in [0.25, 0.3) is 0 Å². The van der Waals surface area contributed by atoms with E-state index in [1.54, 1.807) is 14.1 Å². The average Bonchev–Trinajstić information content (AvgIpc) is 2.22. The Kier molecular flexibility index (Phi) is 9.56. The van der Waals surface area contributed by atoms with Crippen molar-refractivity contribution in [1.82, 2.24) is 0 Å². The van der Waals surface area contributed by atoms with Crippen LogP contribution in [0.4, 0.5) is 0 Å². The summed E-state index contributed by atoms with van der Waals surface area (Å²) in [5, 5.41) is 23.5. The molecule has 0 aromatic carbocycles. The van der Waals surface area contributed by atoms with Gasteiger partial charge >= 0.3 is 0 Å². The van der Waals surface area contributed by atoms with E-state index in [0.29, 0.717) is 37.9 Å². The molecule has 0 amide bonds. The number of unbranched alkanes of at least 4 members (excludes halogenated alkanes) is 3. The van der Waals surface area contributed by atoms with Crippen LogP contribution in [-0.4, -0.2) is 61.3 Å². The van der Waals surface area contributed by atoms with Crippen molar-refractivity contribution >= 4 is 23.2 Å². The highest BCUT2D eigenvalue weighted by Gasteiger charge is 2.10. The van der Waals surface area contributed by atoms with Crippen molar-refractivity contribution in [1.29, 1.82) is 0 Å². The summed E-state index contributed by atoms with van der Waals surface area (Å²) in [6.07, 6.45) is 3.79. The number of hydrogen-bond donors (Lipinski definition) is 0. The predicted octanol–water partition coefficient (Wildman–Crippen LogP) is 2.91. The standard InChI is InChI=1S/C12H26Cl2N2O2/c1-15(17,11-7-13)9-5-3-4-6-10-16(2,18)12-8-14/h3-12H2,1-2H3. The smallest absolute Gasteiger partial charge is 0.0919 e. The largest absolute Gasteiger partial charge is 0.633 e. The molecule has 0 spiro atoms. The van der Waals surface area contributed by atoms with Gasteiger partial charge in [0.15, 0.2) is 0 Å². The summed E-state index contributed by atoms with van der Waals surface area (Å²) in [6.45, 7) is 2.15. The molecular weight excluding hydrogens is 275 g/mol. The molecule has 0 bridgehead atoms. The van der Waals surface area contributed by atoms with Crippen LogP contribution in [0.2, 0.25) is 0 Å². The van der Waals surface area contributed by atoms with Gasteiger partial charge in [-0.25, -0.2) is 0 Å². The summed E-state index contributed by atoms with van der Waals surface area (Å²) in [6, 6.07) is 0. The Labute approximate surface area is 121 Å². The number of halogens is 2.